The van der Waals surface area contributed by atoms with Crippen LogP contribution in [0.25, 0.3) is 0 Å². The highest BCUT2D eigenvalue weighted by Crippen LogP contribution is 2.30. The van der Waals surface area contributed by atoms with Gasteiger partial charge in [-0.25, -0.2) is 0 Å². The van der Waals surface area contributed by atoms with Crippen LogP contribution in [0.1, 0.15) is 45.7 Å². The van der Waals surface area contributed by atoms with E-state index in [4.69, 9.17) is 9.47 Å². The first kappa shape index (κ1) is 15.8. The molecule has 19 heavy (non-hydrogen) atoms. The standard InChI is InChI=1S/C16H27NO2/c1-12(17-5)14-8-7-13(18-6)11-15(14)19-10-9-16(2,3)4/h7-8,11-12,17H,9-10H2,1-6H3. The van der Waals surface area contributed by atoms with Crippen LogP contribution in [-0.4, -0.2) is 20.8 Å². The molecule has 0 heterocycles. The maximum atomic E-state index is 5.96. The largest absolute Gasteiger partial charge is 0.497 e. The SMILES string of the molecule is CNC(C)c1ccc(OC)cc1OCCC(C)(C)C. The molecule has 3 heteroatoms. The van der Waals surface area contributed by atoms with Crippen molar-refractivity contribution in [2.75, 3.05) is 20.8 Å². The zero-order valence-electron chi connectivity index (χ0n) is 13.0. The fraction of sp³-hybridized carbons (Fsp3) is 0.625. The van der Waals surface area contributed by atoms with Crippen molar-refractivity contribution in [1.82, 2.24) is 5.32 Å². The van der Waals surface area contributed by atoms with Gasteiger partial charge in [0.15, 0.2) is 0 Å². The van der Waals surface area contributed by atoms with E-state index in [1.807, 2.05) is 19.2 Å². The van der Waals surface area contributed by atoms with Crippen molar-refractivity contribution in [2.45, 2.75) is 40.2 Å². The Bertz CT molecular complexity index is 396. The van der Waals surface area contributed by atoms with E-state index in [1.165, 1.54) is 0 Å². The van der Waals surface area contributed by atoms with Gasteiger partial charge in [0.25, 0.3) is 0 Å². The van der Waals surface area contributed by atoms with E-state index in [0.29, 0.717) is 0 Å². The van der Waals surface area contributed by atoms with E-state index in [9.17, 15) is 0 Å². The molecule has 1 unspecified atom stereocenters. The van der Waals surface area contributed by atoms with E-state index >= 15 is 0 Å². The topological polar surface area (TPSA) is 30.5 Å². The Labute approximate surface area is 117 Å². The van der Waals surface area contributed by atoms with E-state index < -0.39 is 0 Å². The van der Waals surface area contributed by atoms with Crippen LogP contribution in [0.4, 0.5) is 0 Å². The average Bonchev–Trinajstić information content (AvgIpc) is 2.36. The minimum atomic E-state index is 0.260. The summed E-state index contributed by atoms with van der Waals surface area (Å²) in [5, 5.41) is 3.24. The predicted octanol–water partition coefficient (Wildman–Crippen LogP) is 3.79. The summed E-state index contributed by atoms with van der Waals surface area (Å²) in [4.78, 5) is 0. The van der Waals surface area contributed by atoms with Crippen LogP contribution in [0.2, 0.25) is 0 Å². The van der Waals surface area contributed by atoms with Crippen LogP contribution in [0.15, 0.2) is 18.2 Å². The summed E-state index contributed by atoms with van der Waals surface area (Å²) in [5.41, 5.74) is 1.45. The fourth-order valence-electron chi connectivity index (χ4n) is 1.75. The lowest BCUT2D eigenvalue weighted by atomic mass is 9.93. The van der Waals surface area contributed by atoms with Crippen LogP contribution in [0.3, 0.4) is 0 Å². The Morgan fingerprint density at radius 1 is 1.26 bits per heavy atom. The predicted molar refractivity (Wildman–Crippen MR) is 80.0 cm³/mol. The zero-order chi connectivity index (χ0) is 14.5. The molecule has 0 aliphatic heterocycles. The van der Waals surface area contributed by atoms with Gasteiger partial charge in [0.05, 0.1) is 13.7 Å². The van der Waals surface area contributed by atoms with Crippen LogP contribution in [0.5, 0.6) is 11.5 Å². The van der Waals surface area contributed by atoms with Gasteiger partial charge in [-0.15, -0.1) is 0 Å². The molecule has 1 N–H and O–H groups in total. The second-order valence-corrected chi connectivity index (χ2v) is 6.07. The maximum absolute atomic E-state index is 5.96. The molecule has 1 aromatic rings. The van der Waals surface area contributed by atoms with Crippen LogP contribution < -0.4 is 14.8 Å². The smallest absolute Gasteiger partial charge is 0.127 e. The third-order valence-electron chi connectivity index (χ3n) is 3.23. The monoisotopic (exact) mass is 265 g/mol. The van der Waals surface area contributed by atoms with Crippen molar-refractivity contribution in [3.63, 3.8) is 0 Å². The highest BCUT2D eigenvalue weighted by atomic mass is 16.5. The molecule has 0 spiro atoms. The van der Waals surface area contributed by atoms with Gasteiger partial charge in [-0.3, -0.25) is 0 Å². The number of benzene rings is 1. The molecule has 0 radical (unpaired) electrons. The first-order chi connectivity index (χ1) is 8.87. The molecule has 1 aromatic carbocycles. The van der Waals surface area contributed by atoms with Gasteiger partial charge < -0.3 is 14.8 Å². The molecule has 0 aliphatic carbocycles. The van der Waals surface area contributed by atoms with Crippen molar-refractivity contribution in [3.8, 4) is 11.5 Å². The summed E-state index contributed by atoms with van der Waals surface area (Å²) in [6.07, 6.45) is 1.03. The minimum Gasteiger partial charge on any atom is -0.497 e. The number of nitrogens with one attached hydrogen (secondary N) is 1. The fourth-order valence-corrected chi connectivity index (χ4v) is 1.75. The van der Waals surface area contributed by atoms with E-state index in [2.05, 4.69) is 39.1 Å². The molecular formula is C16H27NO2. The van der Waals surface area contributed by atoms with Gasteiger partial charge in [-0.1, -0.05) is 26.8 Å². The Morgan fingerprint density at radius 3 is 2.47 bits per heavy atom. The van der Waals surface area contributed by atoms with Gasteiger partial charge >= 0.3 is 0 Å². The van der Waals surface area contributed by atoms with E-state index in [-0.39, 0.29) is 11.5 Å². The van der Waals surface area contributed by atoms with Gasteiger partial charge in [0.1, 0.15) is 11.5 Å². The summed E-state index contributed by atoms with van der Waals surface area (Å²) in [6.45, 7) is 9.51. The maximum Gasteiger partial charge on any atom is 0.127 e. The molecule has 0 aromatic heterocycles. The van der Waals surface area contributed by atoms with Gasteiger partial charge in [-0.2, -0.15) is 0 Å². The number of hydrogen-bond donors (Lipinski definition) is 1. The number of hydrogen-bond acceptors (Lipinski definition) is 3. The molecule has 0 bridgehead atoms. The molecule has 0 amide bonds. The molecule has 0 fully saturated rings. The van der Waals surface area contributed by atoms with Gasteiger partial charge in [0, 0.05) is 17.7 Å². The van der Waals surface area contributed by atoms with Crippen LogP contribution in [-0.2, 0) is 0 Å². The molecule has 0 saturated carbocycles. The Kier molecular flexibility index (Phi) is 5.67. The molecule has 108 valence electrons. The molecule has 1 atom stereocenters. The van der Waals surface area contributed by atoms with Crippen molar-refractivity contribution in [3.05, 3.63) is 23.8 Å². The zero-order valence-corrected chi connectivity index (χ0v) is 13.0. The van der Waals surface area contributed by atoms with Crippen LogP contribution in [0, 0.1) is 5.41 Å². The molecule has 1 rings (SSSR count). The second-order valence-electron chi connectivity index (χ2n) is 6.07. The van der Waals surface area contributed by atoms with Crippen LogP contribution >= 0.6 is 0 Å². The highest BCUT2D eigenvalue weighted by Gasteiger charge is 2.14. The first-order valence-corrected chi connectivity index (χ1v) is 6.85. The number of methoxy groups -OCH3 is 1. The Hall–Kier alpha value is -1.22. The highest BCUT2D eigenvalue weighted by molar-refractivity contribution is 5.42. The van der Waals surface area contributed by atoms with Gasteiger partial charge in [0.2, 0.25) is 0 Å². The first-order valence-electron chi connectivity index (χ1n) is 6.85. The van der Waals surface area contributed by atoms with Crippen molar-refractivity contribution in [1.29, 1.82) is 0 Å². The molecular weight excluding hydrogens is 238 g/mol. The average molecular weight is 265 g/mol. The van der Waals surface area contributed by atoms with E-state index in [0.717, 1.165) is 30.1 Å². The Balaban J connectivity index is 2.83. The summed E-state index contributed by atoms with van der Waals surface area (Å²) < 4.78 is 11.2. The lowest BCUT2D eigenvalue weighted by Gasteiger charge is -2.21. The number of rotatable bonds is 6. The van der Waals surface area contributed by atoms with Crippen molar-refractivity contribution < 1.29 is 9.47 Å². The third-order valence-corrected chi connectivity index (χ3v) is 3.23. The molecule has 0 saturated heterocycles. The number of ether oxygens (including phenoxy) is 2. The summed E-state index contributed by atoms with van der Waals surface area (Å²) >= 11 is 0. The second kappa shape index (κ2) is 6.80. The normalized spacial score (nSPS) is 13.2. The quantitative estimate of drug-likeness (QED) is 0.849. The lowest BCUT2D eigenvalue weighted by Crippen LogP contribution is -2.15. The summed E-state index contributed by atoms with van der Waals surface area (Å²) in [6, 6.07) is 6.26. The lowest BCUT2D eigenvalue weighted by molar-refractivity contribution is 0.239. The minimum absolute atomic E-state index is 0.260. The summed E-state index contributed by atoms with van der Waals surface area (Å²) in [5.74, 6) is 1.74. The van der Waals surface area contributed by atoms with E-state index in [1.54, 1.807) is 7.11 Å². The third kappa shape index (κ3) is 5.11. The van der Waals surface area contributed by atoms with Crippen molar-refractivity contribution >= 4 is 0 Å². The Morgan fingerprint density at radius 2 is 1.95 bits per heavy atom. The molecule has 0 aliphatic rings. The van der Waals surface area contributed by atoms with Crippen molar-refractivity contribution in [2.24, 2.45) is 5.41 Å². The van der Waals surface area contributed by atoms with Gasteiger partial charge in [-0.05, 0) is 31.9 Å². The molecule has 3 nitrogen and oxygen atoms in total. The summed E-state index contributed by atoms with van der Waals surface area (Å²) in [7, 11) is 3.63.